The average molecular weight is 296 g/mol. The number of nitrogens with two attached hydrogens (primary N) is 1. The van der Waals surface area contributed by atoms with E-state index in [0.717, 1.165) is 5.56 Å². The highest BCUT2D eigenvalue weighted by atomic mass is 35.5. The van der Waals surface area contributed by atoms with Gasteiger partial charge in [0.2, 0.25) is 0 Å². The predicted octanol–water partition coefficient (Wildman–Crippen LogP) is 3.53. The van der Waals surface area contributed by atoms with Gasteiger partial charge in [-0.1, -0.05) is 29.3 Å². The van der Waals surface area contributed by atoms with E-state index in [1.807, 2.05) is 6.92 Å². The second kappa shape index (κ2) is 5.47. The molecule has 0 unspecified atom stereocenters. The quantitative estimate of drug-likeness (QED) is 0.890. The van der Waals surface area contributed by atoms with Crippen molar-refractivity contribution in [2.45, 2.75) is 6.92 Å². The second-order valence-electron chi connectivity index (χ2n) is 3.98. The number of nitrogen functional groups attached to an aromatic ring is 1. The molecule has 0 aliphatic rings. The van der Waals surface area contributed by atoms with Gasteiger partial charge >= 0.3 is 0 Å². The van der Waals surface area contributed by atoms with E-state index < -0.39 is 0 Å². The van der Waals surface area contributed by atoms with E-state index in [1.165, 1.54) is 12.3 Å². The largest absolute Gasteiger partial charge is 0.384 e. The predicted molar refractivity (Wildman–Crippen MR) is 77.8 cm³/mol. The number of hydrogen-bond acceptors (Lipinski definition) is 3. The van der Waals surface area contributed by atoms with Gasteiger partial charge in [0.15, 0.2) is 0 Å². The number of carbonyl (C=O) groups excluding carboxylic acids is 1. The molecule has 0 saturated carbocycles. The molecule has 0 bridgehead atoms. The molecular weight excluding hydrogens is 285 g/mol. The number of aryl methyl sites for hydroxylation is 1. The zero-order valence-corrected chi connectivity index (χ0v) is 11.6. The molecule has 4 nitrogen and oxygen atoms in total. The minimum Gasteiger partial charge on any atom is -0.384 e. The maximum absolute atomic E-state index is 12.1. The van der Waals surface area contributed by atoms with Crippen LogP contribution in [0.1, 0.15) is 15.9 Å². The molecule has 1 amide bonds. The molecule has 0 saturated heterocycles. The highest BCUT2D eigenvalue weighted by Gasteiger charge is 2.13. The molecule has 2 rings (SSSR count). The van der Waals surface area contributed by atoms with Gasteiger partial charge in [0.1, 0.15) is 5.82 Å². The third-order valence-corrected chi connectivity index (χ3v) is 3.37. The first-order chi connectivity index (χ1) is 8.99. The van der Waals surface area contributed by atoms with Crippen LogP contribution in [-0.2, 0) is 0 Å². The van der Waals surface area contributed by atoms with Gasteiger partial charge in [-0.05, 0) is 30.7 Å². The monoisotopic (exact) mass is 295 g/mol. The van der Waals surface area contributed by atoms with Crippen molar-refractivity contribution in [3.05, 3.63) is 51.6 Å². The van der Waals surface area contributed by atoms with Crippen LogP contribution < -0.4 is 11.1 Å². The van der Waals surface area contributed by atoms with Gasteiger partial charge in [-0.15, -0.1) is 0 Å². The zero-order chi connectivity index (χ0) is 14.0. The molecule has 19 heavy (non-hydrogen) atoms. The first-order valence-electron chi connectivity index (χ1n) is 5.46. The van der Waals surface area contributed by atoms with Crippen LogP contribution in [0, 0.1) is 6.92 Å². The minimum atomic E-state index is -0.344. The molecule has 0 radical (unpaired) electrons. The SMILES string of the molecule is Cc1ccc(Cl)c(NC(=O)c2ccnc(N)c2)c1Cl. The number of amides is 1. The number of pyridine rings is 1. The van der Waals surface area contributed by atoms with Gasteiger partial charge in [-0.3, -0.25) is 4.79 Å². The third-order valence-electron chi connectivity index (χ3n) is 2.57. The van der Waals surface area contributed by atoms with E-state index in [-0.39, 0.29) is 11.7 Å². The first kappa shape index (κ1) is 13.6. The fourth-order valence-corrected chi connectivity index (χ4v) is 2.01. The molecule has 0 spiro atoms. The van der Waals surface area contributed by atoms with Gasteiger partial charge in [-0.25, -0.2) is 4.98 Å². The van der Waals surface area contributed by atoms with Crippen LogP contribution >= 0.6 is 23.2 Å². The molecule has 6 heteroatoms. The Bertz CT molecular complexity index is 644. The molecule has 2 aromatic rings. The number of hydrogen-bond donors (Lipinski definition) is 2. The molecule has 0 aliphatic heterocycles. The van der Waals surface area contributed by atoms with E-state index in [1.54, 1.807) is 18.2 Å². The first-order valence-corrected chi connectivity index (χ1v) is 6.22. The summed E-state index contributed by atoms with van der Waals surface area (Å²) in [5.41, 5.74) is 7.14. The molecule has 98 valence electrons. The molecule has 1 aromatic carbocycles. The maximum Gasteiger partial charge on any atom is 0.255 e. The van der Waals surface area contributed by atoms with Crippen LogP contribution in [0.2, 0.25) is 10.0 Å². The van der Waals surface area contributed by atoms with Crippen molar-refractivity contribution in [1.29, 1.82) is 0 Å². The van der Waals surface area contributed by atoms with E-state index in [9.17, 15) is 4.79 Å². The normalized spacial score (nSPS) is 10.3. The van der Waals surface area contributed by atoms with E-state index in [2.05, 4.69) is 10.3 Å². The Morgan fingerprint density at radius 1 is 1.32 bits per heavy atom. The van der Waals surface area contributed by atoms with Gasteiger partial charge in [-0.2, -0.15) is 0 Å². The van der Waals surface area contributed by atoms with Gasteiger partial charge in [0, 0.05) is 11.8 Å². The van der Waals surface area contributed by atoms with Gasteiger partial charge in [0.25, 0.3) is 5.91 Å². The number of aromatic nitrogens is 1. The van der Waals surface area contributed by atoms with E-state index >= 15 is 0 Å². The van der Waals surface area contributed by atoms with Crippen LogP contribution in [0.5, 0.6) is 0 Å². The van der Waals surface area contributed by atoms with Crippen molar-refractivity contribution in [3.63, 3.8) is 0 Å². The van der Waals surface area contributed by atoms with Crippen molar-refractivity contribution in [2.75, 3.05) is 11.1 Å². The summed E-state index contributed by atoms with van der Waals surface area (Å²) in [6.45, 7) is 1.83. The lowest BCUT2D eigenvalue weighted by Gasteiger charge is -2.11. The smallest absolute Gasteiger partial charge is 0.255 e. The summed E-state index contributed by atoms with van der Waals surface area (Å²) < 4.78 is 0. The average Bonchev–Trinajstić information content (AvgIpc) is 2.39. The lowest BCUT2D eigenvalue weighted by atomic mass is 10.2. The number of nitrogens with zero attached hydrogens (tertiary/aromatic N) is 1. The van der Waals surface area contributed by atoms with Crippen LogP contribution in [-0.4, -0.2) is 10.9 Å². The molecule has 0 aliphatic carbocycles. The number of anilines is 2. The van der Waals surface area contributed by atoms with Crippen molar-refractivity contribution >= 4 is 40.6 Å². The third kappa shape index (κ3) is 2.97. The summed E-state index contributed by atoms with van der Waals surface area (Å²) in [5.74, 6) is -0.0717. The lowest BCUT2D eigenvalue weighted by molar-refractivity contribution is 0.102. The number of carbonyl (C=O) groups is 1. The summed E-state index contributed by atoms with van der Waals surface area (Å²) >= 11 is 12.2. The molecule has 1 heterocycles. The van der Waals surface area contributed by atoms with Crippen LogP contribution in [0.3, 0.4) is 0 Å². The van der Waals surface area contributed by atoms with Gasteiger partial charge < -0.3 is 11.1 Å². The van der Waals surface area contributed by atoms with E-state index in [4.69, 9.17) is 28.9 Å². The second-order valence-corrected chi connectivity index (χ2v) is 4.76. The Morgan fingerprint density at radius 2 is 2.05 bits per heavy atom. The van der Waals surface area contributed by atoms with Crippen LogP contribution in [0.4, 0.5) is 11.5 Å². The van der Waals surface area contributed by atoms with Crippen molar-refractivity contribution in [3.8, 4) is 0 Å². The Kier molecular flexibility index (Phi) is 3.93. The minimum absolute atomic E-state index is 0.272. The summed E-state index contributed by atoms with van der Waals surface area (Å²) in [4.78, 5) is 15.9. The summed E-state index contributed by atoms with van der Waals surface area (Å²) in [6, 6.07) is 6.50. The topological polar surface area (TPSA) is 68.0 Å². The van der Waals surface area contributed by atoms with E-state index in [0.29, 0.717) is 21.3 Å². The Labute approximate surface area is 120 Å². The Balaban J connectivity index is 2.32. The standard InChI is InChI=1S/C13H11Cl2N3O/c1-7-2-3-9(14)12(11(7)15)18-13(19)8-4-5-17-10(16)6-8/h2-6H,1H3,(H2,16,17)(H,18,19). The molecule has 0 fully saturated rings. The Hall–Kier alpha value is -1.78. The maximum atomic E-state index is 12.1. The Morgan fingerprint density at radius 3 is 2.74 bits per heavy atom. The number of benzene rings is 1. The van der Waals surface area contributed by atoms with Crippen LogP contribution in [0.25, 0.3) is 0 Å². The summed E-state index contributed by atoms with van der Waals surface area (Å²) in [5, 5.41) is 3.48. The van der Waals surface area contributed by atoms with Crippen molar-refractivity contribution < 1.29 is 4.79 Å². The lowest BCUT2D eigenvalue weighted by Crippen LogP contribution is -2.13. The summed E-state index contributed by atoms with van der Waals surface area (Å²) in [7, 11) is 0. The highest BCUT2D eigenvalue weighted by molar-refractivity contribution is 6.40. The molecule has 1 aromatic heterocycles. The van der Waals surface area contributed by atoms with Crippen molar-refractivity contribution in [1.82, 2.24) is 4.98 Å². The number of rotatable bonds is 2. The molecule has 0 atom stereocenters. The highest BCUT2D eigenvalue weighted by Crippen LogP contribution is 2.33. The number of halogens is 2. The van der Waals surface area contributed by atoms with Crippen LogP contribution in [0.15, 0.2) is 30.5 Å². The molecular formula is C13H11Cl2N3O. The zero-order valence-electron chi connectivity index (χ0n) is 10.1. The fraction of sp³-hybridized carbons (Fsp3) is 0.0769. The fourth-order valence-electron chi connectivity index (χ4n) is 1.55. The molecule has 3 N–H and O–H groups in total. The van der Waals surface area contributed by atoms with Crippen molar-refractivity contribution in [2.24, 2.45) is 0 Å². The number of nitrogens with one attached hydrogen (secondary N) is 1. The summed E-state index contributed by atoms with van der Waals surface area (Å²) in [6.07, 6.45) is 1.46. The van der Waals surface area contributed by atoms with Gasteiger partial charge in [0.05, 0.1) is 15.7 Å².